The summed E-state index contributed by atoms with van der Waals surface area (Å²) in [5, 5.41) is 1.84. The highest BCUT2D eigenvalue weighted by Crippen LogP contribution is 2.17. The van der Waals surface area contributed by atoms with E-state index in [4.69, 9.17) is 5.73 Å². The second-order valence-corrected chi connectivity index (χ2v) is 4.09. The molecule has 5 nitrogen and oxygen atoms in total. The lowest BCUT2D eigenvalue weighted by atomic mass is 10.4. The summed E-state index contributed by atoms with van der Waals surface area (Å²) >= 11 is 0. The number of hydrazine groups is 1. The Labute approximate surface area is 98.2 Å². The number of likely N-dealkylation sites (N-methyl/N-ethyl adjacent to an activating group) is 1. The lowest BCUT2D eigenvalue weighted by Gasteiger charge is -2.32. The quantitative estimate of drug-likeness (QED) is 0.793. The zero-order chi connectivity index (χ0) is 12.4. The largest absolute Gasteiger partial charge is 0.381 e. The van der Waals surface area contributed by atoms with Crippen LogP contribution in [0.1, 0.15) is 0 Å². The van der Waals surface area contributed by atoms with E-state index in [9.17, 15) is 8.78 Å². The molecule has 2 rings (SSSR count). The van der Waals surface area contributed by atoms with Gasteiger partial charge < -0.3 is 16.1 Å². The Bertz CT molecular complexity index is 404. The third-order valence-electron chi connectivity index (χ3n) is 2.72. The van der Waals surface area contributed by atoms with Crippen LogP contribution in [-0.2, 0) is 0 Å². The Morgan fingerprint density at radius 2 is 1.88 bits per heavy atom. The summed E-state index contributed by atoms with van der Waals surface area (Å²) < 4.78 is 26.3. The molecule has 0 atom stereocenters. The van der Waals surface area contributed by atoms with E-state index in [0.29, 0.717) is 0 Å². The summed E-state index contributed by atoms with van der Waals surface area (Å²) in [7, 11) is 2.02. The van der Waals surface area contributed by atoms with Gasteiger partial charge in [-0.25, -0.2) is 18.8 Å². The number of nitrogens with zero attached hydrogens (tertiary/aromatic N) is 3. The number of nitrogen functional groups attached to an aromatic ring is 1. The van der Waals surface area contributed by atoms with Gasteiger partial charge in [-0.05, 0) is 7.05 Å². The number of halogens is 2. The van der Waals surface area contributed by atoms with Crippen LogP contribution in [0.2, 0.25) is 0 Å². The summed E-state index contributed by atoms with van der Waals surface area (Å²) in [6.45, 7) is 3.25. The molecule has 7 heteroatoms. The van der Waals surface area contributed by atoms with Crippen LogP contribution in [0.4, 0.5) is 20.4 Å². The van der Waals surface area contributed by atoms with Crippen LogP contribution in [0.3, 0.4) is 0 Å². The molecule has 0 amide bonds. The smallest absolute Gasteiger partial charge is 0.179 e. The summed E-state index contributed by atoms with van der Waals surface area (Å²) in [6.07, 6.45) is 0. The number of aromatic nitrogens is 1. The van der Waals surface area contributed by atoms with E-state index in [0.717, 1.165) is 32.2 Å². The topological polar surface area (TPSA) is 57.4 Å². The van der Waals surface area contributed by atoms with Gasteiger partial charge in [-0.3, -0.25) is 0 Å². The average Bonchev–Trinajstić information content (AvgIpc) is 2.29. The van der Waals surface area contributed by atoms with Crippen LogP contribution in [0.5, 0.6) is 0 Å². The van der Waals surface area contributed by atoms with Crippen molar-refractivity contribution in [2.24, 2.45) is 0 Å². The first-order valence-corrected chi connectivity index (χ1v) is 5.38. The number of anilines is 2. The standard InChI is InChI=1S/C10H15F2N5/c1-16-2-4-17(5-3-16)15-10-8(12)6-7(11)9(13)14-10/h6H,2-5H2,1H3,(H3,13,14,15). The van der Waals surface area contributed by atoms with Crippen LogP contribution in [0.25, 0.3) is 0 Å². The molecule has 0 aromatic carbocycles. The molecule has 2 heterocycles. The highest BCUT2D eigenvalue weighted by atomic mass is 19.1. The summed E-state index contributed by atoms with van der Waals surface area (Å²) in [4.78, 5) is 5.81. The number of nitrogens with two attached hydrogens (primary N) is 1. The molecule has 0 aliphatic carbocycles. The molecule has 1 saturated heterocycles. The molecular formula is C10H15F2N5. The van der Waals surface area contributed by atoms with Gasteiger partial charge in [-0.2, -0.15) is 0 Å². The van der Waals surface area contributed by atoms with Gasteiger partial charge in [-0.15, -0.1) is 0 Å². The van der Waals surface area contributed by atoms with Crippen LogP contribution >= 0.6 is 0 Å². The van der Waals surface area contributed by atoms with E-state index in [-0.39, 0.29) is 11.6 Å². The fraction of sp³-hybridized carbons (Fsp3) is 0.500. The molecule has 1 fully saturated rings. The second kappa shape index (κ2) is 4.80. The third-order valence-corrected chi connectivity index (χ3v) is 2.72. The van der Waals surface area contributed by atoms with Crippen LogP contribution < -0.4 is 11.2 Å². The van der Waals surface area contributed by atoms with Crippen molar-refractivity contribution in [2.45, 2.75) is 0 Å². The Kier molecular flexibility index (Phi) is 3.39. The molecule has 1 aromatic rings. The van der Waals surface area contributed by atoms with E-state index in [1.54, 1.807) is 0 Å². The molecule has 1 aliphatic rings. The fourth-order valence-corrected chi connectivity index (χ4v) is 1.63. The second-order valence-electron chi connectivity index (χ2n) is 4.09. The van der Waals surface area contributed by atoms with Gasteiger partial charge in [0.05, 0.1) is 0 Å². The van der Waals surface area contributed by atoms with Gasteiger partial charge >= 0.3 is 0 Å². The molecule has 0 bridgehead atoms. The van der Waals surface area contributed by atoms with Gasteiger partial charge in [-0.1, -0.05) is 0 Å². The summed E-state index contributed by atoms with van der Waals surface area (Å²) in [6, 6.07) is 0.737. The number of nitrogens with one attached hydrogen (secondary N) is 1. The number of pyridine rings is 1. The van der Waals surface area contributed by atoms with Gasteiger partial charge in [0.2, 0.25) is 0 Å². The normalized spacial score (nSPS) is 18.3. The minimum absolute atomic E-state index is 0.0338. The minimum Gasteiger partial charge on any atom is -0.381 e. The predicted octanol–water partition coefficient (Wildman–Crippen LogP) is 0.516. The minimum atomic E-state index is -0.841. The van der Waals surface area contributed by atoms with E-state index in [1.807, 2.05) is 12.1 Å². The maximum atomic E-state index is 13.4. The number of piperazine rings is 1. The maximum absolute atomic E-state index is 13.4. The Balaban J connectivity index is 2.06. The van der Waals surface area contributed by atoms with Crippen molar-refractivity contribution < 1.29 is 8.78 Å². The van der Waals surface area contributed by atoms with Gasteiger partial charge in [0, 0.05) is 32.2 Å². The van der Waals surface area contributed by atoms with Gasteiger partial charge in [0.15, 0.2) is 23.3 Å². The van der Waals surface area contributed by atoms with E-state index in [2.05, 4.69) is 15.3 Å². The van der Waals surface area contributed by atoms with Crippen molar-refractivity contribution in [2.75, 3.05) is 44.4 Å². The highest BCUT2D eigenvalue weighted by Gasteiger charge is 2.16. The SMILES string of the molecule is CN1CCN(Nc2nc(N)c(F)cc2F)CC1. The van der Waals surface area contributed by atoms with Crippen molar-refractivity contribution in [1.29, 1.82) is 0 Å². The predicted molar refractivity (Wildman–Crippen MR) is 61.3 cm³/mol. The fourth-order valence-electron chi connectivity index (χ4n) is 1.63. The summed E-state index contributed by atoms with van der Waals surface area (Å²) in [5.74, 6) is -1.92. The van der Waals surface area contributed by atoms with Crippen molar-refractivity contribution in [3.8, 4) is 0 Å². The van der Waals surface area contributed by atoms with Crippen molar-refractivity contribution >= 4 is 11.6 Å². The zero-order valence-electron chi connectivity index (χ0n) is 9.58. The van der Waals surface area contributed by atoms with E-state index < -0.39 is 11.6 Å². The Morgan fingerprint density at radius 3 is 2.53 bits per heavy atom. The van der Waals surface area contributed by atoms with E-state index >= 15 is 0 Å². The van der Waals surface area contributed by atoms with Crippen molar-refractivity contribution in [3.05, 3.63) is 17.7 Å². The number of hydrogen-bond donors (Lipinski definition) is 2. The summed E-state index contributed by atoms with van der Waals surface area (Å²) in [5.41, 5.74) is 8.11. The molecule has 1 aromatic heterocycles. The van der Waals surface area contributed by atoms with Gasteiger partial charge in [0.1, 0.15) is 0 Å². The first kappa shape index (κ1) is 12.0. The molecule has 0 spiro atoms. The monoisotopic (exact) mass is 243 g/mol. The van der Waals surface area contributed by atoms with Gasteiger partial charge in [0.25, 0.3) is 0 Å². The molecule has 0 radical (unpaired) electrons. The highest BCUT2D eigenvalue weighted by molar-refractivity contribution is 5.44. The lowest BCUT2D eigenvalue weighted by Crippen LogP contribution is -2.47. The van der Waals surface area contributed by atoms with E-state index in [1.165, 1.54) is 0 Å². The van der Waals surface area contributed by atoms with Crippen molar-refractivity contribution in [3.63, 3.8) is 0 Å². The zero-order valence-corrected chi connectivity index (χ0v) is 9.58. The molecule has 3 N–H and O–H groups in total. The molecule has 94 valence electrons. The molecule has 17 heavy (non-hydrogen) atoms. The first-order valence-electron chi connectivity index (χ1n) is 5.38. The van der Waals surface area contributed by atoms with Crippen LogP contribution in [0.15, 0.2) is 6.07 Å². The molecule has 1 aliphatic heterocycles. The molecule has 0 saturated carbocycles. The number of hydrogen-bond acceptors (Lipinski definition) is 5. The van der Waals surface area contributed by atoms with Crippen LogP contribution in [0, 0.1) is 11.6 Å². The Hall–Kier alpha value is -1.47. The van der Waals surface area contributed by atoms with Crippen LogP contribution in [-0.4, -0.2) is 48.1 Å². The number of rotatable bonds is 2. The lowest BCUT2D eigenvalue weighted by molar-refractivity contribution is 0.178. The molecule has 0 unspecified atom stereocenters. The maximum Gasteiger partial charge on any atom is 0.179 e. The van der Waals surface area contributed by atoms with Crippen molar-refractivity contribution in [1.82, 2.24) is 14.9 Å². The average molecular weight is 243 g/mol. The Morgan fingerprint density at radius 1 is 1.24 bits per heavy atom. The molecular weight excluding hydrogens is 228 g/mol. The third kappa shape index (κ3) is 2.80. The first-order chi connectivity index (χ1) is 8.06.